The summed E-state index contributed by atoms with van der Waals surface area (Å²) >= 11 is 0. The molecule has 2 heterocycles. The summed E-state index contributed by atoms with van der Waals surface area (Å²) in [5.41, 5.74) is 5.49. The molecule has 0 spiro atoms. The first-order valence-corrected chi connectivity index (χ1v) is 8.93. The molecule has 0 aromatic carbocycles. The van der Waals surface area contributed by atoms with Crippen molar-refractivity contribution in [2.45, 2.75) is 53.2 Å². The standard InChI is InChI=1S/C18H32N6O2/c1-17(2,3)11-20-13-8-14(22-15(19)21-13)24-9-12(10-24)23(7)16(25)26-18(4,5)6/h8,12H,9-11H2,1-7H3,(H3,19,20,21,22). The predicted molar refractivity (Wildman–Crippen MR) is 104 cm³/mol. The van der Waals surface area contributed by atoms with Gasteiger partial charge in [-0.1, -0.05) is 20.8 Å². The molecule has 3 N–H and O–H groups in total. The number of nitrogens with one attached hydrogen (secondary N) is 1. The second kappa shape index (κ2) is 7.17. The highest BCUT2D eigenvalue weighted by Gasteiger charge is 2.35. The lowest BCUT2D eigenvalue weighted by Gasteiger charge is -2.44. The van der Waals surface area contributed by atoms with Crippen molar-refractivity contribution in [3.63, 3.8) is 0 Å². The minimum atomic E-state index is -0.497. The summed E-state index contributed by atoms with van der Waals surface area (Å²) in [6, 6.07) is 1.98. The zero-order valence-electron chi connectivity index (χ0n) is 17.0. The van der Waals surface area contributed by atoms with Crippen molar-refractivity contribution in [3.8, 4) is 0 Å². The third kappa shape index (κ3) is 5.64. The van der Waals surface area contributed by atoms with E-state index in [-0.39, 0.29) is 23.5 Å². The van der Waals surface area contributed by atoms with Gasteiger partial charge in [-0.3, -0.25) is 0 Å². The van der Waals surface area contributed by atoms with Crippen LogP contribution in [0.2, 0.25) is 0 Å². The molecule has 1 aliphatic heterocycles. The first kappa shape index (κ1) is 20.1. The maximum atomic E-state index is 12.2. The predicted octanol–water partition coefficient (Wildman–Crippen LogP) is 2.57. The summed E-state index contributed by atoms with van der Waals surface area (Å²) < 4.78 is 5.41. The Morgan fingerprint density at radius 1 is 1.31 bits per heavy atom. The number of amides is 1. The molecular weight excluding hydrogens is 332 g/mol. The Morgan fingerprint density at radius 3 is 2.46 bits per heavy atom. The third-order valence-corrected chi connectivity index (χ3v) is 3.95. The van der Waals surface area contributed by atoms with Crippen molar-refractivity contribution in [1.82, 2.24) is 14.9 Å². The van der Waals surface area contributed by atoms with Gasteiger partial charge in [-0.05, 0) is 26.2 Å². The second-order valence-corrected chi connectivity index (χ2v) is 9.03. The van der Waals surface area contributed by atoms with Gasteiger partial charge in [0.25, 0.3) is 0 Å². The van der Waals surface area contributed by atoms with E-state index in [1.54, 1.807) is 11.9 Å². The number of carbonyl (C=O) groups excluding carboxylic acids is 1. The molecule has 0 atom stereocenters. The van der Waals surface area contributed by atoms with Crippen molar-refractivity contribution in [3.05, 3.63) is 6.07 Å². The fourth-order valence-corrected chi connectivity index (χ4v) is 2.43. The Kier molecular flexibility index (Phi) is 5.53. The number of likely N-dealkylation sites (N-methyl/N-ethyl adjacent to an activating group) is 1. The van der Waals surface area contributed by atoms with E-state index in [4.69, 9.17) is 10.5 Å². The molecule has 1 fully saturated rings. The van der Waals surface area contributed by atoms with Crippen LogP contribution >= 0.6 is 0 Å². The second-order valence-electron chi connectivity index (χ2n) is 9.03. The zero-order chi connectivity index (χ0) is 19.7. The molecule has 8 heteroatoms. The molecule has 2 rings (SSSR count). The minimum Gasteiger partial charge on any atom is -0.444 e. The van der Waals surface area contributed by atoms with Crippen LogP contribution in [0, 0.1) is 5.41 Å². The number of carbonyl (C=O) groups is 1. The first-order chi connectivity index (χ1) is 11.8. The first-order valence-electron chi connectivity index (χ1n) is 8.93. The van der Waals surface area contributed by atoms with Crippen molar-refractivity contribution in [1.29, 1.82) is 0 Å². The molecule has 0 unspecified atom stereocenters. The number of rotatable bonds is 4. The number of nitrogen functional groups attached to an aromatic ring is 1. The van der Waals surface area contributed by atoms with Crippen LogP contribution in [0.5, 0.6) is 0 Å². The summed E-state index contributed by atoms with van der Waals surface area (Å²) in [4.78, 5) is 24.4. The van der Waals surface area contributed by atoms with Gasteiger partial charge in [-0.25, -0.2) is 4.79 Å². The zero-order valence-corrected chi connectivity index (χ0v) is 17.0. The van der Waals surface area contributed by atoms with Crippen molar-refractivity contribution >= 4 is 23.7 Å². The molecular formula is C18H32N6O2. The summed E-state index contributed by atoms with van der Waals surface area (Å²) in [7, 11) is 1.76. The lowest BCUT2D eigenvalue weighted by Crippen LogP contribution is -2.60. The van der Waals surface area contributed by atoms with Crippen LogP contribution in [0.3, 0.4) is 0 Å². The highest BCUT2D eigenvalue weighted by Crippen LogP contribution is 2.25. The van der Waals surface area contributed by atoms with Gasteiger partial charge < -0.3 is 25.6 Å². The number of nitrogens with two attached hydrogens (primary N) is 1. The highest BCUT2D eigenvalue weighted by molar-refractivity contribution is 5.69. The average Bonchev–Trinajstić information content (AvgIpc) is 2.40. The largest absolute Gasteiger partial charge is 0.444 e. The van der Waals surface area contributed by atoms with E-state index in [0.29, 0.717) is 18.9 Å². The molecule has 0 aliphatic carbocycles. The molecule has 0 radical (unpaired) electrons. The maximum absolute atomic E-state index is 12.2. The normalized spacial score (nSPS) is 15.4. The van der Waals surface area contributed by atoms with E-state index in [2.05, 4.69) is 41.0 Å². The lowest BCUT2D eigenvalue weighted by molar-refractivity contribution is 0.0196. The van der Waals surface area contributed by atoms with E-state index >= 15 is 0 Å². The van der Waals surface area contributed by atoms with Crippen LogP contribution in [0.25, 0.3) is 0 Å². The fourth-order valence-electron chi connectivity index (χ4n) is 2.43. The molecule has 1 aromatic rings. The highest BCUT2D eigenvalue weighted by atomic mass is 16.6. The van der Waals surface area contributed by atoms with E-state index in [1.165, 1.54) is 0 Å². The SMILES string of the molecule is CN(C(=O)OC(C)(C)C)C1CN(c2cc(NCC(C)(C)C)nc(N)n2)C1. The molecule has 146 valence electrons. The monoisotopic (exact) mass is 364 g/mol. The van der Waals surface area contributed by atoms with Gasteiger partial charge >= 0.3 is 6.09 Å². The van der Waals surface area contributed by atoms with Crippen LogP contribution in [-0.4, -0.2) is 59.3 Å². The Labute approximate surface area is 156 Å². The number of hydrogen-bond donors (Lipinski definition) is 2. The molecule has 1 aliphatic rings. The Bertz CT molecular complexity index is 644. The number of ether oxygens (including phenoxy) is 1. The van der Waals surface area contributed by atoms with Crippen molar-refractivity contribution in [2.75, 3.05) is 42.6 Å². The Balaban J connectivity index is 1.96. The fraction of sp³-hybridized carbons (Fsp3) is 0.722. The lowest BCUT2D eigenvalue weighted by atomic mass is 9.97. The van der Waals surface area contributed by atoms with Gasteiger partial charge in [0.2, 0.25) is 5.95 Å². The van der Waals surface area contributed by atoms with E-state index in [0.717, 1.165) is 12.4 Å². The summed E-state index contributed by atoms with van der Waals surface area (Å²) in [6.45, 7) is 14.2. The van der Waals surface area contributed by atoms with Gasteiger partial charge in [-0.2, -0.15) is 9.97 Å². The molecule has 1 aromatic heterocycles. The molecule has 26 heavy (non-hydrogen) atoms. The molecule has 1 amide bonds. The summed E-state index contributed by atoms with van der Waals surface area (Å²) in [5, 5.41) is 3.30. The number of anilines is 3. The number of nitrogens with zero attached hydrogens (tertiary/aromatic N) is 4. The van der Waals surface area contributed by atoms with Crippen molar-refractivity contribution in [2.24, 2.45) is 5.41 Å². The summed E-state index contributed by atoms with van der Waals surface area (Å²) in [5.74, 6) is 1.72. The topological polar surface area (TPSA) is 96.6 Å². The Hall–Kier alpha value is -2.25. The average molecular weight is 364 g/mol. The molecule has 0 bridgehead atoms. The maximum Gasteiger partial charge on any atom is 0.410 e. The van der Waals surface area contributed by atoms with Crippen molar-refractivity contribution < 1.29 is 9.53 Å². The van der Waals surface area contributed by atoms with Gasteiger partial charge in [0.1, 0.15) is 17.2 Å². The van der Waals surface area contributed by atoms with Crippen LogP contribution in [0.4, 0.5) is 22.4 Å². The molecule has 0 saturated carbocycles. The van der Waals surface area contributed by atoms with E-state index in [9.17, 15) is 4.79 Å². The summed E-state index contributed by atoms with van der Waals surface area (Å²) in [6.07, 6.45) is -0.308. The van der Waals surface area contributed by atoms with Crippen LogP contribution < -0.4 is 16.0 Å². The van der Waals surface area contributed by atoms with Gasteiger partial charge in [0, 0.05) is 32.7 Å². The quantitative estimate of drug-likeness (QED) is 0.847. The van der Waals surface area contributed by atoms with Gasteiger partial charge in [0.05, 0.1) is 6.04 Å². The number of hydrogen-bond acceptors (Lipinski definition) is 7. The third-order valence-electron chi connectivity index (χ3n) is 3.95. The molecule has 1 saturated heterocycles. The van der Waals surface area contributed by atoms with Gasteiger partial charge in [-0.15, -0.1) is 0 Å². The number of aromatic nitrogens is 2. The van der Waals surface area contributed by atoms with Crippen LogP contribution in [0.1, 0.15) is 41.5 Å². The smallest absolute Gasteiger partial charge is 0.410 e. The Morgan fingerprint density at radius 2 is 1.92 bits per heavy atom. The van der Waals surface area contributed by atoms with Crippen LogP contribution in [0.15, 0.2) is 6.07 Å². The molecule has 8 nitrogen and oxygen atoms in total. The van der Waals surface area contributed by atoms with Crippen LogP contribution in [-0.2, 0) is 4.74 Å². The van der Waals surface area contributed by atoms with Gasteiger partial charge in [0.15, 0.2) is 0 Å². The van der Waals surface area contributed by atoms with E-state index in [1.807, 2.05) is 26.8 Å². The van der Waals surface area contributed by atoms with E-state index < -0.39 is 5.60 Å². The minimum absolute atomic E-state index is 0.0898.